The standard InChI is InChI=1S/C12H29NO3P4/c14-12(8-13-6-7-19(17)18)10-20(15,16)9-11-4-2-1-3-5-11/h11-14H,1-10,17-18H2,(H,15,16). The molecule has 0 aliphatic heterocycles. The van der Waals surface area contributed by atoms with Crippen molar-refractivity contribution in [1.82, 2.24) is 5.32 Å². The molecule has 20 heavy (non-hydrogen) atoms. The van der Waals surface area contributed by atoms with Gasteiger partial charge in [-0.05, 0) is 31.5 Å². The molecule has 4 nitrogen and oxygen atoms in total. The summed E-state index contributed by atoms with van der Waals surface area (Å²) < 4.78 is 12.2. The lowest BCUT2D eigenvalue weighted by molar-refractivity contribution is 0.191. The summed E-state index contributed by atoms with van der Waals surface area (Å²) in [5.41, 5.74) is 0. The first-order valence-electron chi connectivity index (χ1n) is 7.35. The van der Waals surface area contributed by atoms with Gasteiger partial charge < -0.3 is 15.3 Å². The molecule has 0 amide bonds. The molecule has 1 aliphatic rings. The molecular weight excluding hydrogens is 330 g/mol. The van der Waals surface area contributed by atoms with E-state index in [-0.39, 0.29) is 13.5 Å². The van der Waals surface area contributed by atoms with Crippen LogP contribution < -0.4 is 5.32 Å². The third-order valence-electron chi connectivity index (χ3n) is 3.69. The highest BCUT2D eigenvalue weighted by molar-refractivity contribution is 8.43. The first-order chi connectivity index (χ1) is 9.39. The Morgan fingerprint density at radius 3 is 2.55 bits per heavy atom. The van der Waals surface area contributed by atoms with Crippen LogP contribution in [0.3, 0.4) is 0 Å². The average molecular weight is 359 g/mol. The van der Waals surface area contributed by atoms with Gasteiger partial charge in [0, 0.05) is 12.7 Å². The van der Waals surface area contributed by atoms with Crippen molar-refractivity contribution in [3.8, 4) is 0 Å². The Labute approximate surface area is 128 Å². The second-order valence-electron chi connectivity index (χ2n) is 5.81. The summed E-state index contributed by atoms with van der Waals surface area (Å²) in [5.74, 6) is 0.387. The Morgan fingerprint density at radius 1 is 1.30 bits per heavy atom. The second kappa shape index (κ2) is 10.2. The molecular formula is C12H29NO3P4. The summed E-state index contributed by atoms with van der Waals surface area (Å²) in [6.45, 7) is 1.25. The van der Waals surface area contributed by atoms with Crippen LogP contribution in [0.5, 0.6) is 0 Å². The molecule has 1 saturated carbocycles. The molecule has 3 N–H and O–H groups in total. The van der Waals surface area contributed by atoms with Gasteiger partial charge in [-0.2, -0.15) is 0 Å². The SMILES string of the molecule is O=P(O)(CC(O)CNCCP(P)P)CC1CCCCC1. The van der Waals surface area contributed by atoms with E-state index in [1.165, 1.54) is 19.3 Å². The zero-order valence-electron chi connectivity index (χ0n) is 12.1. The molecule has 0 radical (unpaired) electrons. The fourth-order valence-corrected chi connectivity index (χ4v) is 6.02. The van der Waals surface area contributed by atoms with Crippen molar-refractivity contribution in [3.63, 3.8) is 0 Å². The molecule has 0 aromatic carbocycles. The number of aliphatic hydroxyl groups excluding tert-OH is 1. The predicted octanol–water partition coefficient (Wildman–Crippen LogP) is 2.85. The minimum absolute atomic E-state index is 0.0347. The minimum Gasteiger partial charge on any atom is -0.391 e. The van der Waals surface area contributed by atoms with Crippen molar-refractivity contribution in [2.24, 2.45) is 5.92 Å². The van der Waals surface area contributed by atoms with E-state index in [0.29, 0.717) is 18.6 Å². The van der Waals surface area contributed by atoms with Crippen molar-refractivity contribution < 1.29 is 14.6 Å². The van der Waals surface area contributed by atoms with Gasteiger partial charge in [-0.25, -0.2) is 0 Å². The molecule has 4 atom stereocenters. The first-order valence-corrected chi connectivity index (χ1v) is 14.1. The molecule has 0 aromatic rings. The molecule has 0 heterocycles. The van der Waals surface area contributed by atoms with Crippen LogP contribution in [0.2, 0.25) is 0 Å². The Hall–Kier alpha value is 1.40. The maximum atomic E-state index is 12.2. The van der Waals surface area contributed by atoms with Crippen LogP contribution >= 0.6 is 32.5 Å². The Bertz CT molecular complexity index is 311. The van der Waals surface area contributed by atoms with Crippen molar-refractivity contribution in [3.05, 3.63) is 0 Å². The van der Waals surface area contributed by atoms with Crippen molar-refractivity contribution in [2.75, 3.05) is 31.6 Å². The molecule has 1 rings (SSSR count). The van der Waals surface area contributed by atoms with Crippen molar-refractivity contribution >= 4 is 32.5 Å². The molecule has 4 unspecified atom stereocenters. The molecule has 0 spiro atoms. The lowest BCUT2D eigenvalue weighted by atomic mass is 9.91. The molecule has 120 valence electrons. The summed E-state index contributed by atoms with van der Waals surface area (Å²) in [4.78, 5) is 10.0. The van der Waals surface area contributed by atoms with Crippen LogP contribution in [-0.4, -0.2) is 47.7 Å². The first kappa shape index (κ1) is 19.4. The van der Waals surface area contributed by atoms with E-state index < -0.39 is 13.5 Å². The van der Waals surface area contributed by atoms with Gasteiger partial charge in [-0.3, -0.25) is 4.57 Å². The van der Waals surface area contributed by atoms with Gasteiger partial charge in [0.25, 0.3) is 0 Å². The van der Waals surface area contributed by atoms with Crippen LogP contribution in [0.15, 0.2) is 0 Å². The molecule has 0 saturated heterocycles. The molecule has 8 heteroatoms. The zero-order valence-corrected chi connectivity index (χ0v) is 16.2. The quantitative estimate of drug-likeness (QED) is 0.437. The monoisotopic (exact) mass is 359 g/mol. The lowest BCUT2D eigenvalue weighted by Gasteiger charge is -2.25. The van der Waals surface area contributed by atoms with Crippen LogP contribution in [0, 0.1) is 5.92 Å². The Morgan fingerprint density at radius 2 is 1.95 bits per heavy atom. The summed E-state index contributed by atoms with van der Waals surface area (Å²) in [6, 6.07) is 0. The highest BCUT2D eigenvalue weighted by Gasteiger charge is 2.27. The highest BCUT2D eigenvalue weighted by atomic mass is 32.4. The van der Waals surface area contributed by atoms with E-state index in [2.05, 4.69) is 23.2 Å². The van der Waals surface area contributed by atoms with Gasteiger partial charge in [-0.15, -0.1) is 17.9 Å². The highest BCUT2D eigenvalue weighted by Crippen LogP contribution is 2.51. The topological polar surface area (TPSA) is 69.6 Å². The fraction of sp³-hybridized carbons (Fsp3) is 1.00. The van der Waals surface area contributed by atoms with Gasteiger partial charge in [0.05, 0.1) is 12.3 Å². The maximum absolute atomic E-state index is 12.2. The van der Waals surface area contributed by atoms with Crippen LogP contribution in [0.25, 0.3) is 0 Å². The fourth-order valence-electron chi connectivity index (χ4n) is 2.72. The Balaban J connectivity index is 2.20. The number of nitrogens with one attached hydrogen (secondary N) is 1. The molecule has 1 aliphatic carbocycles. The smallest absolute Gasteiger partial charge is 0.203 e. The van der Waals surface area contributed by atoms with Crippen LogP contribution in [-0.2, 0) is 4.57 Å². The normalized spacial score (nSPS) is 21.9. The van der Waals surface area contributed by atoms with E-state index in [9.17, 15) is 14.6 Å². The summed E-state index contributed by atoms with van der Waals surface area (Å²) in [6.07, 6.45) is 6.54. The van der Waals surface area contributed by atoms with Crippen LogP contribution in [0.1, 0.15) is 32.1 Å². The van der Waals surface area contributed by atoms with Gasteiger partial charge in [0.15, 0.2) is 0 Å². The van der Waals surface area contributed by atoms with Crippen molar-refractivity contribution in [2.45, 2.75) is 38.2 Å². The van der Waals surface area contributed by atoms with E-state index in [1.54, 1.807) is 0 Å². The van der Waals surface area contributed by atoms with E-state index >= 15 is 0 Å². The van der Waals surface area contributed by atoms with E-state index in [1.807, 2.05) is 0 Å². The van der Waals surface area contributed by atoms with Gasteiger partial charge in [-0.1, -0.05) is 26.6 Å². The number of hydrogen-bond donors (Lipinski definition) is 3. The summed E-state index contributed by atoms with van der Waals surface area (Å²) >= 11 is 0. The summed E-state index contributed by atoms with van der Waals surface area (Å²) in [5, 5.41) is 13.0. The van der Waals surface area contributed by atoms with Gasteiger partial charge in [0.2, 0.25) is 7.37 Å². The third-order valence-corrected chi connectivity index (χ3v) is 8.06. The maximum Gasteiger partial charge on any atom is 0.203 e. The Kier molecular flexibility index (Phi) is 9.94. The lowest BCUT2D eigenvalue weighted by Crippen LogP contribution is -2.31. The molecule has 0 bridgehead atoms. The van der Waals surface area contributed by atoms with Gasteiger partial charge >= 0.3 is 0 Å². The number of aliphatic hydroxyl groups is 1. The third kappa shape index (κ3) is 9.42. The van der Waals surface area contributed by atoms with Crippen LogP contribution in [0.4, 0.5) is 0 Å². The van der Waals surface area contributed by atoms with Gasteiger partial charge in [0.1, 0.15) is 0 Å². The minimum atomic E-state index is -3.18. The number of rotatable bonds is 9. The summed E-state index contributed by atoms with van der Waals surface area (Å²) in [7, 11) is 2.26. The van der Waals surface area contributed by atoms with Crippen molar-refractivity contribution in [1.29, 1.82) is 0 Å². The largest absolute Gasteiger partial charge is 0.391 e. The molecule has 1 fully saturated rings. The zero-order chi connectivity index (χ0) is 15.0. The average Bonchev–Trinajstić information content (AvgIpc) is 2.34. The van der Waals surface area contributed by atoms with E-state index in [4.69, 9.17) is 0 Å². The van der Waals surface area contributed by atoms with E-state index in [0.717, 1.165) is 25.5 Å². The molecule has 0 aromatic heterocycles. The number of hydrogen-bond acceptors (Lipinski definition) is 3. The predicted molar refractivity (Wildman–Crippen MR) is 96.2 cm³/mol. The second-order valence-corrected chi connectivity index (χ2v) is 15.5.